The summed E-state index contributed by atoms with van der Waals surface area (Å²) in [6, 6.07) is 11.4. The van der Waals surface area contributed by atoms with Crippen molar-refractivity contribution in [3.8, 4) is 0 Å². The highest BCUT2D eigenvalue weighted by atomic mass is 32.1. The van der Waals surface area contributed by atoms with Crippen molar-refractivity contribution in [1.29, 1.82) is 0 Å². The van der Waals surface area contributed by atoms with Gasteiger partial charge in [-0.2, -0.15) is 12.6 Å². The Labute approximate surface area is 225 Å². The molecule has 2 aromatic rings. The SMILES string of the molecule is Cc1ccc(C(C(=O)Nc2ccccc2C)N(C(=O)C(CS)NC(=O)OC(C)(C)C)C2CC2C)c(C)c1. The number of alkyl carbamates (subject to hydrolysis) is 1. The van der Waals surface area contributed by atoms with E-state index in [0.29, 0.717) is 5.69 Å². The first-order valence-electron chi connectivity index (χ1n) is 12.7. The molecule has 1 fully saturated rings. The molecule has 4 unspecified atom stereocenters. The molecule has 2 aromatic carbocycles. The number of carbonyl (C=O) groups excluding carboxylic acids is 3. The summed E-state index contributed by atoms with van der Waals surface area (Å²) in [5, 5.41) is 5.72. The van der Waals surface area contributed by atoms with Gasteiger partial charge in [0, 0.05) is 17.5 Å². The molecule has 0 aliphatic heterocycles. The number of para-hydroxylation sites is 1. The molecule has 0 bridgehead atoms. The number of nitrogens with one attached hydrogen (secondary N) is 2. The van der Waals surface area contributed by atoms with Crippen LogP contribution in [-0.4, -0.2) is 46.2 Å². The van der Waals surface area contributed by atoms with Crippen LogP contribution in [0.1, 0.15) is 62.4 Å². The largest absolute Gasteiger partial charge is 0.444 e. The fourth-order valence-corrected chi connectivity index (χ4v) is 4.70. The molecule has 37 heavy (non-hydrogen) atoms. The summed E-state index contributed by atoms with van der Waals surface area (Å²) < 4.78 is 5.38. The second-order valence-corrected chi connectivity index (χ2v) is 11.3. The van der Waals surface area contributed by atoms with Crippen molar-refractivity contribution in [2.75, 3.05) is 11.1 Å². The molecule has 0 radical (unpaired) electrons. The lowest BCUT2D eigenvalue weighted by atomic mass is 9.96. The average Bonchev–Trinajstić information content (AvgIpc) is 3.52. The Morgan fingerprint density at radius 3 is 2.27 bits per heavy atom. The Hall–Kier alpha value is -3.00. The van der Waals surface area contributed by atoms with Crippen LogP contribution < -0.4 is 10.6 Å². The van der Waals surface area contributed by atoms with Crippen LogP contribution in [0.4, 0.5) is 10.5 Å². The second-order valence-electron chi connectivity index (χ2n) is 11.0. The fraction of sp³-hybridized carbons (Fsp3) is 0.483. The lowest BCUT2D eigenvalue weighted by molar-refractivity contribution is -0.141. The van der Waals surface area contributed by atoms with Gasteiger partial charge in [-0.15, -0.1) is 0 Å². The minimum Gasteiger partial charge on any atom is -0.444 e. The standard InChI is InChI=1S/C29H39N3O4S/c1-17-12-13-21(19(3)14-17)25(26(33)30-22-11-9-8-10-18(22)2)32(24-15-20(24)4)27(34)23(16-37)31-28(35)36-29(5,6)7/h8-14,20,23-25,37H,15-16H2,1-7H3,(H,30,33)(H,31,35). The van der Waals surface area contributed by atoms with Gasteiger partial charge >= 0.3 is 6.09 Å². The third kappa shape index (κ3) is 7.28. The first kappa shape index (κ1) is 28.6. The molecule has 3 amide bonds. The molecule has 1 aliphatic carbocycles. The van der Waals surface area contributed by atoms with Gasteiger partial charge in [0.05, 0.1) is 0 Å². The molecule has 0 heterocycles. The van der Waals surface area contributed by atoms with Crippen molar-refractivity contribution >= 4 is 36.2 Å². The summed E-state index contributed by atoms with van der Waals surface area (Å²) in [6.07, 6.45) is 0.0763. The average molecular weight is 526 g/mol. The second kappa shape index (κ2) is 11.6. The van der Waals surface area contributed by atoms with Crippen LogP contribution in [0.2, 0.25) is 0 Å². The summed E-state index contributed by atoms with van der Waals surface area (Å²) in [4.78, 5) is 42.2. The highest BCUT2D eigenvalue weighted by molar-refractivity contribution is 7.80. The molecule has 0 aromatic heterocycles. The van der Waals surface area contributed by atoms with E-state index in [2.05, 4.69) is 30.2 Å². The van der Waals surface area contributed by atoms with Crippen molar-refractivity contribution < 1.29 is 19.1 Å². The van der Waals surface area contributed by atoms with Crippen molar-refractivity contribution in [2.45, 2.75) is 78.6 Å². The number of rotatable bonds is 8. The zero-order valence-electron chi connectivity index (χ0n) is 22.8. The van der Waals surface area contributed by atoms with Crippen molar-refractivity contribution in [3.05, 3.63) is 64.7 Å². The number of anilines is 1. The van der Waals surface area contributed by atoms with E-state index in [1.165, 1.54) is 0 Å². The first-order chi connectivity index (χ1) is 17.3. The normalized spacial score (nSPS) is 18.4. The number of benzene rings is 2. The fourth-order valence-electron chi connectivity index (χ4n) is 4.45. The summed E-state index contributed by atoms with van der Waals surface area (Å²) in [5.74, 6) is -0.371. The Balaban J connectivity index is 2.03. The smallest absolute Gasteiger partial charge is 0.408 e. The predicted molar refractivity (Wildman–Crippen MR) is 150 cm³/mol. The molecule has 0 saturated heterocycles. The maximum atomic E-state index is 14.0. The topological polar surface area (TPSA) is 87.7 Å². The highest BCUT2D eigenvalue weighted by Crippen LogP contribution is 2.41. The van der Waals surface area contributed by atoms with Crippen LogP contribution in [0, 0.1) is 26.7 Å². The molecule has 200 valence electrons. The molecule has 0 spiro atoms. The van der Waals surface area contributed by atoms with E-state index >= 15 is 0 Å². The quantitative estimate of drug-likeness (QED) is 0.406. The maximum Gasteiger partial charge on any atom is 0.408 e. The zero-order valence-corrected chi connectivity index (χ0v) is 23.7. The summed E-state index contributed by atoms with van der Waals surface area (Å²) in [7, 11) is 0. The number of ether oxygens (including phenoxy) is 1. The molecular formula is C29H39N3O4S. The Morgan fingerprint density at radius 2 is 1.73 bits per heavy atom. The van der Waals surface area contributed by atoms with E-state index in [9.17, 15) is 14.4 Å². The minimum atomic E-state index is -0.953. The first-order valence-corrected chi connectivity index (χ1v) is 13.3. The Morgan fingerprint density at radius 1 is 1.08 bits per heavy atom. The van der Waals surface area contributed by atoms with Crippen LogP contribution in [0.25, 0.3) is 0 Å². The van der Waals surface area contributed by atoms with E-state index in [1.807, 2.05) is 63.2 Å². The molecule has 1 saturated carbocycles. The van der Waals surface area contributed by atoms with Crippen LogP contribution in [0.3, 0.4) is 0 Å². The van der Waals surface area contributed by atoms with Crippen LogP contribution in [0.5, 0.6) is 0 Å². The van der Waals surface area contributed by atoms with E-state index in [0.717, 1.165) is 28.7 Å². The summed E-state index contributed by atoms with van der Waals surface area (Å²) in [6.45, 7) is 13.2. The zero-order chi connectivity index (χ0) is 27.5. The molecule has 3 rings (SSSR count). The number of nitrogens with zero attached hydrogens (tertiary/aromatic N) is 1. The number of amides is 3. The third-order valence-corrected chi connectivity index (χ3v) is 6.86. The summed E-state index contributed by atoms with van der Waals surface area (Å²) in [5.41, 5.74) is 3.63. The number of aryl methyl sites for hydroxylation is 3. The van der Waals surface area contributed by atoms with Gasteiger partial charge in [0.25, 0.3) is 5.91 Å². The van der Waals surface area contributed by atoms with Gasteiger partial charge in [-0.3, -0.25) is 9.59 Å². The molecule has 1 aliphatic rings. The molecule has 8 heteroatoms. The number of hydrogen-bond donors (Lipinski definition) is 3. The van der Waals surface area contributed by atoms with Crippen LogP contribution >= 0.6 is 12.6 Å². The van der Waals surface area contributed by atoms with Crippen molar-refractivity contribution in [1.82, 2.24) is 10.2 Å². The molecule has 7 nitrogen and oxygen atoms in total. The molecule has 4 atom stereocenters. The van der Waals surface area contributed by atoms with Crippen molar-refractivity contribution in [3.63, 3.8) is 0 Å². The highest BCUT2D eigenvalue weighted by Gasteiger charge is 2.48. The van der Waals surface area contributed by atoms with Gasteiger partial charge in [-0.25, -0.2) is 4.79 Å². The maximum absolute atomic E-state index is 14.0. The number of thiol groups is 1. The predicted octanol–water partition coefficient (Wildman–Crippen LogP) is 5.35. The van der Waals surface area contributed by atoms with Crippen molar-refractivity contribution in [2.24, 2.45) is 5.92 Å². The summed E-state index contributed by atoms with van der Waals surface area (Å²) >= 11 is 4.36. The van der Waals surface area contributed by atoms with Gasteiger partial charge in [-0.1, -0.05) is 48.9 Å². The van der Waals surface area contributed by atoms with Gasteiger partial charge in [-0.05, 0) is 76.6 Å². The minimum absolute atomic E-state index is 0.0642. The third-order valence-electron chi connectivity index (χ3n) is 6.50. The lowest BCUT2D eigenvalue weighted by Gasteiger charge is -2.35. The molecule has 2 N–H and O–H groups in total. The Kier molecular flexibility index (Phi) is 8.95. The Bertz CT molecular complexity index is 1160. The number of carbonyl (C=O) groups is 3. The molecular weight excluding hydrogens is 486 g/mol. The van der Waals surface area contributed by atoms with Gasteiger partial charge in [0.1, 0.15) is 17.7 Å². The van der Waals surface area contributed by atoms with Crippen LogP contribution in [0.15, 0.2) is 42.5 Å². The van der Waals surface area contributed by atoms with E-state index in [-0.39, 0.29) is 29.5 Å². The lowest BCUT2D eigenvalue weighted by Crippen LogP contribution is -2.54. The number of hydrogen-bond acceptors (Lipinski definition) is 5. The van der Waals surface area contributed by atoms with Gasteiger partial charge in [0.15, 0.2) is 0 Å². The van der Waals surface area contributed by atoms with E-state index < -0.39 is 23.8 Å². The van der Waals surface area contributed by atoms with Gasteiger partial charge in [0.2, 0.25) is 5.91 Å². The van der Waals surface area contributed by atoms with Gasteiger partial charge < -0.3 is 20.3 Å². The van der Waals surface area contributed by atoms with Crippen LogP contribution in [-0.2, 0) is 14.3 Å². The monoisotopic (exact) mass is 525 g/mol. The van der Waals surface area contributed by atoms with E-state index in [1.54, 1.807) is 25.7 Å². The van der Waals surface area contributed by atoms with E-state index in [4.69, 9.17) is 4.74 Å².